The van der Waals surface area contributed by atoms with Gasteiger partial charge in [0.25, 0.3) is 5.91 Å². The molecular weight excluding hydrogens is 254 g/mol. The number of hydrogen-bond acceptors (Lipinski definition) is 3. The van der Waals surface area contributed by atoms with E-state index in [1.165, 1.54) is 0 Å². The third kappa shape index (κ3) is 2.36. The molecule has 1 aliphatic rings. The second-order valence-electron chi connectivity index (χ2n) is 5.38. The number of aromatic amines is 1. The Morgan fingerprint density at radius 2 is 2.40 bits per heavy atom. The first-order valence-electron chi connectivity index (χ1n) is 6.91. The monoisotopic (exact) mass is 273 g/mol. The summed E-state index contributed by atoms with van der Waals surface area (Å²) in [5.41, 5.74) is 7.90. The van der Waals surface area contributed by atoms with E-state index in [1.54, 1.807) is 0 Å². The van der Waals surface area contributed by atoms with E-state index in [9.17, 15) is 4.79 Å². The van der Waals surface area contributed by atoms with Crippen molar-refractivity contribution in [3.8, 4) is 0 Å². The van der Waals surface area contributed by atoms with Crippen LogP contribution < -0.4 is 11.1 Å². The van der Waals surface area contributed by atoms with Crippen LogP contribution >= 0.6 is 0 Å². The molecule has 1 aliphatic heterocycles. The standard InChI is InChI=1S/C15H19N3O2/c1-9(11-5-6-20-8-11)17-15(19)13-7-10-3-2-4-12(16)14(10)18-13/h2-4,7,9,11,18H,5-6,8,16H2,1H3,(H,17,19). The first kappa shape index (κ1) is 13.0. The molecule has 0 aliphatic carbocycles. The number of hydrogen-bond donors (Lipinski definition) is 3. The fourth-order valence-electron chi connectivity index (χ4n) is 2.65. The number of carbonyl (C=O) groups excluding carboxylic acids is 1. The van der Waals surface area contributed by atoms with Crippen LogP contribution in [0, 0.1) is 5.92 Å². The van der Waals surface area contributed by atoms with Crippen LogP contribution in [0.25, 0.3) is 10.9 Å². The molecule has 0 radical (unpaired) electrons. The van der Waals surface area contributed by atoms with E-state index in [0.29, 0.717) is 17.3 Å². The predicted molar refractivity (Wildman–Crippen MR) is 78.6 cm³/mol. The minimum Gasteiger partial charge on any atom is -0.397 e. The summed E-state index contributed by atoms with van der Waals surface area (Å²) in [5.74, 6) is 0.299. The Balaban J connectivity index is 1.76. The average Bonchev–Trinajstić information content (AvgIpc) is 3.08. The fraction of sp³-hybridized carbons (Fsp3) is 0.400. The van der Waals surface area contributed by atoms with Gasteiger partial charge in [0.15, 0.2) is 0 Å². The lowest BCUT2D eigenvalue weighted by Gasteiger charge is -2.18. The average molecular weight is 273 g/mol. The topological polar surface area (TPSA) is 80.1 Å². The maximum atomic E-state index is 12.3. The van der Waals surface area contributed by atoms with Gasteiger partial charge in [-0.05, 0) is 25.5 Å². The molecule has 5 heteroatoms. The van der Waals surface area contributed by atoms with Gasteiger partial charge in [0.05, 0.1) is 17.8 Å². The molecule has 1 amide bonds. The Kier molecular flexibility index (Phi) is 3.36. The highest BCUT2D eigenvalue weighted by molar-refractivity contribution is 6.00. The Labute approximate surface area is 117 Å². The first-order chi connectivity index (χ1) is 9.65. The summed E-state index contributed by atoms with van der Waals surface area (Å²) in [6.07, 6.45) is 1.00. The van der Waals surface area contributed by atoms with Gasteiger partial charge >= 0.3 is 0 Å². The number of amides is 1. The number of nitrogens with two attached hydrogens (primary N) is 1. The maximum absolute atomic E-state index is 12.3. The number of H-pyrrole nitrogens is 1. The van der Waals surface area contributed by atoms with Gasteiger partial charge in [-0.15, -0.1) is 0 Å². The molecule has 1 aromatic carbocycles. The minimum absolute atomic E-state index is 0.0972. The van der Waals surface area contributed by atoms with Gasteiger partial charge in [-0.1, -0.05) is 12.1 Å². The molecular formula is C15H19N3O2. The van der Waals surface area contributed by atoms with Gasteiger partial charge < -0.3 is 20.8 Å². The highest BCUT2D eigenvalue weighted by Crippen LogP contribution is 2.22. The summed E-state index contributed by atoms with van der Waals surface area (Å²) in [6.45, 7) is 3.53. The van der Waals surface area contributed by atoms with Crippen LogP contribution in [0.1, 0.15) is 23.8 Å². The van der Waals surface area contributed by atoms with E-state index in [-0.39, 0.29) is 11.9 Å². The van der Waals surface area contributed by atoms with Crippen molar-refractivity contribution in [3.63, 3.8) is 0 Å². The fourth-order valence-corrected chi connectivity index (χ4v) is 2.65. The predicted octanol–water partition coefficient (Wildman–Crippen LogP) is 1.90. The number of nitrogens with one attached hydrogen (secondary N) is 2. The normalized spacial score (nSPS) is 20.1. The summed E-state index contributed by atoms with van der Waals surface area (Å²) in [7, 11) is 0. The van der Waals surface area contributed by atoms with Crippen molar-refractivity contribution >= 4 is 22.5 Å². The Morgan fingerprint density at radius 3 is 3.10 bits per heavy atom. The van der Waals surface area contributed by atoms with E-state index in [1.807, 2.05) is 31.2 Å². The molecule has 1 saturated heterocycles. The Hall–Kier alpha value is -2.01. The number of fused-ring (bicyclic) bond motifs is 1. The van der Waals surface area contributed by atoms with Gasteiger partial charge in [0.1, 0.15) is 5.69 Å². The number of para-hydroxylation sites is 1. The van der Waals surface area contributed by atoms with Crippen molar-refractivity contribution in [2.75, 3.05) is 18.9 Å². The van der Waals surface area contributed by atoms with E-state index in [2.05, 4.69) is 10.3 Å². The van der Waals surface area contributed by atoms with Crippen molar-refractivity contribution < 1.29 is 9.53 Å². The minimum atomic E-state index is -0.0972. The number of ether oxygens (including phenoxy) is 1. The molecule has 1 aromatic heterocycles. The highest BCUT2D eigenvalue weighted by Gasteiger charge is 2.24. The number of benzene rings is 1. The number of aromatic nitrogens is 1. The van der Waals surface area contributed by atoms with Crippen LogP contribution in [0.15, 0.2) is 24.3 Å². The zero-order valence-corrected chi connectivity index (χ0v) is 11.5. The number of rotatable bonds is 3. The lowest BCUT2D eigenvalue weighted by molar-refractivity contribution is 0.0918. The third-order valence-electron chi connectivity index (χ3n) is 3.96. The van der Waals surface area contributed by atoms with Crippen LogP contribution in [0.5, 0.6) is 0 Å². The largest absolute Gasteiger partial charge is 0.397 e. The third-order valence-corrected chi connectivity index (χ3v) is 3.96. The summed E-state index contributed by atoms with van der Waals surface area (Å²) in [5, 5.41) is 3.98. The van der Waals surface area contributed by atoms with E-state index < -0.39 is 0 Å². The lowest BCUT2D eigenvalue weighted by atomic mass is 10.0. The lowest BCUT2D eigenvalue weighted by Crippen LogP contribution is -2.38. The van der Waals surface area contributed by atoms with Crippen LogP contribution in [-0.2, 0) is 4.74 Å². The molecule has 0 saturated carbocycles. The van der Waals surface area contributed by atoms with Crippen molar-refractivity contribution in [1.82, 2.24) is 10.3 Å². The number of nitrogen functional groups attached to an aromatic ring is 1. The van der Waals surface area contributed by atoms with Gasteiger partial charge in [-0.2, -0.15) is 0 Å². The van der Waals surface area contributed by atoms with Crippen molar-refractivity contribution in [2.24, 2.45) is 5.92 Å². The van der Waals surface area contributed by atoms with Crippen molar-refractivity contribution in [1.29, 1.82) is 0 Å². The van der Waals surface area contributed by atoms with Crippen LogP contribution in [0.4, 0.5) is 5.69 Å². The van der Waals surface area contributed by atoms with Crippen LogP contribution in [0.2, 0.25) is 0 Å². The summed E-state index contributed by atoms with van der Waals surface area (Å²) >= 11 is 0. The quantitative estimate of drug-likeness (QED) is 0.747. The van der Waals surface area contributed by atoms with E-state index in [4.69, 9.17) is 10.5 Å². The first-order valence-corrected chi connectivity index (χ1v) is 6.91. The molecule has 4 N–H and O–H groups in total. The second kappa shape index (κ2) is 5.17. The maximum Gasteiger partial charge on any atom is 0.267 e. The summed E-state index contributed by atoms with van der Waals surface area (Å²) in [4.78, 5) is 15.4. The second-order valence-corrected chi connectivity index (χ2v) is 5.38. The van der Waals surface area contributed by atoms with E-state index in [0.717, 1.165) is 30.5 Å². The summed E-state index contributed by atoms with van der Waals surface area (Å²) in [6, 6.07) is 7.57. The van der Waals surface area contributed by atoms with Gasteiger partial charge in [0, 0.05) is 24.0 Å². The Morgan fingerprint density at radius 1 is 1.55 bits per heavy atom. The number of anilines is 1. The molecule has 3 rings (SSSR count). The highest BCUT2D eigenvalue weighted by atomic mass is 16.5. The molecule has 2 heterocycles. The van der Waals surface area contributed by atoms with Crippen LogP contribution in [0.3, 0.4) is 0 Å². The molecule has 106 valence electrons. The van der Waals surface area contributed by atoms with Gasteiger partial charge in [0.2, 0.25) is 0 Å². The Bertz CT molecular complexity index is 629. The molecule has 5 nitrogen and oxygen atoms in total. The molecule has 1 fully saturated rings. The smallest absolute Gasteiger partial charge is 0.267 e. The zero-order chi connectivity index (χ0) is 14.1. The zero-order valence-electron chi connectivity index (χ0n) is 11.5. The van der Waals surface area contributed by atoms with Crippen molar-refractivity contribution in [2.45, 2.75) is 19.4 Å². The van der Waals surface area contributed by atoms with Gasteiger partial charge in [-0.25, -0.2) is 0 Å². The molecule has 2 atom stereocenters. The molecule has 2 aromatic rings. The van der Waals surface area contributed by atoms with Crippen molar-refractivity contribution in [3.05, 3.63) is 30.0 Å². The summed E-state index contributed by atoms with van der Waals surface area (Å²) < 4.78 is 5.35. The molecule has 2 unspecified atom stereocenters. The SMILES string of the molecule is CC(NC(=O)c1cc2cccc(N)c2[nH]1)C1CCOC1. The molecule has 0 spiro atoms. The van der Waals surface area contributed by atoms with Crippen LogP contribution in [-0.4, -0.2) is 30.1 Å². The van der Waals surface area contributed by atoms with Gasteiger partial charge in [-0.3, -0.25) is 4.79 Å². The van der Waals surface area contributed by atoms with E-state index >= 15 is 0 Å². The number of carbonyl (C=O) groups is 1. The molecule has 0 bridgehead atoms. The molecule has 20 heavy (non-hydrogen) atoms.